The fourth-order valence-electron chi connectivity index (χ4n) is 2.72. The molecule has 0 spiro atoms. The van der Waals surface area contributed by atoms with Crippen molar-refractivity contribution < 1.29 is 32.9 Å². The molecule has 0 saturated heterocycles. The lowest BCUT2D eigenvalue weighted by Gasteiger charge is -2.36. The van der Waals surface area contributed by atoms with Crippen LogP contribution in [0.4, 0.5) is 5.69 Å². The zero-order chi connectivity index (χ0) is 26.1. The summed E-state index contributed by atoms with van der Waals surface area (Å²) in [4.78, 5) is 12.5. The molecule has 2 rings (SSSR count). The molecule has 192 valence electrons. The summed E-state index contributed by atoms with van der Waals surface area (Å²) in [5.41, 5.74) is 1.36. The number of anilines is 1. The molecule has 1 N–H and O–H groups in total. The van der Waals surface area contributed by atoms with Crippen molar-refractivity contribution in [2.45, 2.75) is 38.9 Å². The van der Waals surface area contributed by atoms with Gasteiger partial charge in [0, 0.05) is 32.0 Å². The molecule has 0 unspecified atom stereocenters. The van der Waals surface area contributed by atoms with Gasteiger partial charge in [0.15, 0.2) is 30.8 Å². The first kappa shape index (κ1) is 28.2. The van der Waals surface area contributed by atoms with Crippen molar-refractivity contribution in [3.05, 3.63) is 48.0 Å². The summed E-state index contributed by atoms with van der Waals surface area (Å²) >= 11 is 0. The molecule has 1 amide bonds. The molecule has 0 heterocycles. The van der Waals surface area contributed by atoms with Crippen molar-refractivity contribution >= 4 is 26.0 Å². The van der Waals surface area contributed by atoms with Gasteiger partial charge in [0.05, 0.1) is 7.11 Å². The highest BCUT2D eigenvalue weighted by Gasteiger charge is 2.39. The first-order valence-corrected chi connectivity index (χ1v) is 14.1. The first-order valence-electron chi connectivity index (χ1n) is 11.2. The molecule has 0 radical (unpaired) electrons. The molecule has 0 aliphatic carbocycles. The van der Waals surface area contributed by atoms with Gasteiger partial charge in [-0.15, -0.1) is 0 Å². The minimum absolute atomic E-state index is 0.0538. The Kier molecular flexibility index (Phi) is 10.2. The van der Waals surface area contributed by atoms with E-state index in [4.69, 9.17) is 28.1 Å². The smallest absolute Gasteiger partial charge is 0.250 e. The van der Waals surface area contributed by atoms with Crippen LogP contribution in [0.1, 0.15) is 26.3 Å². The van der Waals surface area contributed by atoms with Gasteiger partial charge in [0.1, 0.15) is 5.75 Å². The Labute approximate surface area is 209 Å². The number of methoxy groups -OCH3 is 3. The van der Waals surface area contributed by atoms with Crippen LogP contribution in [0, 0.1) is 0 Å². The van der Waals surface area contributed by atoms with Gasteiger partial charge in [0.25, 0.3) is 8.32 Å². The zero-order valence-corrected chi connectivity index (χ0v) is 22.9. The Hall–Kier alpha value is -3.01. The standard InChI is InChI=1S/C26H37NO7Si/c1-26(2,3)35(7,8)34-22-13-11-20(16-23(22)31-6)27-25(28)14-10-19-9-12-21(32-17-29-4)24(15-19)33-18-30-5/h9-16H,17-18H2,1-8H3,(H,27,28)/b14-10+. The summed E-state index contributed by atoms with van der Waals surface area (Å²) in [5.74, 6) is 1.95. The Morgan fingerprint density at radius 2 is 1.51 bits per heavy atom. The van der Waals surface area contributed by atoms with Crippen molar-refractivity contribution in [2.24, 2.45) is 0 Å². The largest absolute Gasteiger partial charge is 0.541 e. The lowest BCUT2D eigenvalue weighted by Crippen LogP contribution is -2.43. The fraction of sp³-hybridized carbons (Fsp3) is 0.423. The summed E-state index contributed by atoms with van der Waals surface area (Å²) in [5, 5.41) is 2.91. The van der Waals surface area contributed by atoms with E-state index in [1.807, 2.05) is 12.1 Å². The van der Waals surface area contributed by atoms with Crippen LogP contribution >= 0.6 is 0 Å². The zero-order valence-electron chi connectivity index (χ0n) is 21.9. The van der Waals surface area contributed by atoms with E-state index in [0.717, 1.165) is 5.56 Å². The maximum atomic E-state index is 12.5. The first-order chi connectivity index (χ1) is 16.5. The number of hydrogen-bond acceptors (Lipinski definition) is 7. The topological polar surface area (TPSA) is 84.5 Å². The Morgan fingerprint density at radius 3 is 2.11 bits per heavy atom. The number of nitrogens with one attached hydrogen (secondary N) is 1. The van der Waals surface area contributed by atoms with Crippen LogP contribution in [0.5, 0.6) is 23.0 Å². The number of hydrogen-bond donors (Lipinski definition) is 1. The second-order valence-electron chi connectivity index (χ2n) is 9.36. The molecule has 0 aromatic heterocycles. The number of carbonyl (C=O) groups is 1. The molecule has 9 heteroatoms. The molecule has 0 atom stereocenters. The number of benzene rings is 2. The number of ether oxygens (including phenoxy) is 5. The van der Waals surface area contributed by atoms with Gasteiger partial charge in [-0.3, -0.25) is 4.79 Å². The van der Waals surface area contributed by atoms with E-state index in [1.165, 1.54) is 20.3 Å². The molecule has 8 nitrogen and oxygen atoms in total. The predicted octanol–water partition coefficient (Wildman–Crippen LogP) is 5.70. The van der Waals surface area contributed by atoms with Crippen molar-refractivity contribution in [1.82, 2.24) is 0 Å². The Morgan fingerprint density at radius 1 is 0.886 bits per heavy atom. The van der Waals surface area contributed by atoms with Crippen LogP contribution in [0.15, 0.2) is 42.5 Å². The summed E-state index contributed by atoms with van der Waals surface area (Å²) in [6.45, 7) is 11.0. The second kappa shape index (κ2) is 12.6. The Balaban J connectivity index is 2.12. The molecule has 0 fully saturated rings. The van der Waals surface area contributed by atoms with Crippen molar-refractivity contribution in [2.75, 3.05) is 40.2 Å². The van der Waals surface area contributed by atoms with Gasteiger partial charge in [-0.25, -0.2) is 0 Å². The molecule has 2 aromatic rings. The molecule has 0 saturated carbocycles. The number of rotatable bonds is 12. The quantitative estimate of drug-likeness (QED) is 0.226. The SMILES string of the molecule is COCOc1ccc(/C=C/C(=O)Nc2ccc(O[Si](C)(C)C(C)(C)C)c(OC)c2)cc1OCOC. The summed E-state index contributed by atoms with van der Waals surface area (Å²) in [7, 11) is 2.63. The third-order valence-electron chi connectivity index (χ3n) is 5.66. The molecular formula is C26H37NO7Si. The second-order valence-corrected chi connectivity index (χ2v) is 14.1. The van der Waals surface area contributed by atoms with Crippen LogP contribution < -0.4 is 24.0 Å². The molecule has 0 aliphatic rings. The Bertz CT molecular complexity index is 1020. The third kappa shape index (κ3) is 8.31. The summed E-state index contributed by atoms with van der Waals surface area (Å²) < 4.78 is 32.9. The number of amides is 1. The van der Waals surface area contributed by atoms with E-state index in [9.17, 15) is 4.79 Å². The van der Waals surface area contributed by atoms with E-state index in [2.05, 4.69) is 39.2 Å². The van der Waals surface area contributed by atoms with Crippen LogP contribution in [0.3, 0.4) is 0 Å². The van der Waals surface area contributed by atoms with Crippen LogP contribution in [0.25, 0.3) is 6.08 Å². The van der Waals surface area contributed by atoms with Gasteiger partial charge < -0.3 is 33.4 Å². The minimum Gasteiger partial charge on any atom is -0.541 e. The summed E-state index contributed by atoms with van der Waals surface area (Å²) in [6, 6.07) is 10.7. The highest BCUT2D eigenvalue weighted by atomic mass is 28.4. The van der Waals surface area contributed by atoms with E-state index in [-0.39, 0.29) is 24.5 Å². The highest BCUT2D eigenvalue weighted by Crippen LogP contribution is 2.40. The van der Waals surface area contributed by atoms with Gasteiger partial charge in [-0.05, 0) is 54.0 Å². The maximum Gasteiger partial charge on any atom is 0.250 e. The fourth-order valence-corrected chi connectivity index (χ4v) is 3.74. The normalized spacial score (nSPS) is 11.9. The van der Waals surface area contributed by atoms with Crippen LogP contribution in [0.2, 0.25) is 18.1 Å². The van der Waals surface area contributed by atoms with Gasteiger partial charge >= 0.3 is 0 Å². The lowest BCUT2D eigenvalue weighted by atomic mass is 10.2. The van der Waals surface area contributed by atoms with Crippen molar-refractivity contribution in [3.8, 4) is 23.0 Å². The predicted molar refractivity (Wildman–Crippen MR) is 140 cm³/mol. The molecule has 35 heavy (non-hydrogen) atoms. The highest BCUT2D eigenvalue weighted by molar-refractivity contribution is 6.74. The molecule has 2 aromatic carbocycles. The summed E-state index contributed by atoms with van der Waals surface area (Å²) in [6.07, 6.45) is 3.12. The van der Waals surface area contributed by atoms with E-state index in [0.29, 0.717) is 28.7 Å². The average Bonchev–Trinajstić information content (AvgIpc) is 2.80. The third-order valence-corrected chi connectivity index (χ3v) is 10.0. The lowest BCUT2D eigenvalue weighted by molar-refractivity contribution is -0.111. The van der Waals surface area contributed by atoms with E-state index in [1.54, 1.807) is 37.5 Å². The maximum absolute atomic E-state index is 12.5. The minimum atomic E-state index is -2.03. The number of carbonyl (C=O) groups excluding carboxylic acids is 1. The van der Waals surface area contributed by atoms with Crippen LogP contribution in [-0.4, -0.2) is 49.1 Å². The van der Waals surface area contributed by atoms with Crippen LogP contribution in [-0.2, 0) is 14.3 Å². The van der Waals surface area contributed by atoms with E-state index < -0.39 is 8.32 Å². The van der Waals surface area contributed by atoms with Gasteiger partial charge in [0.2, 0.25) is 5.91 Å². The molecule has 0 aliphatic heterocycles. The van der Waals surface area contributed by atoms with E-state index >= 15 is 0 Å². The average molecular weight is 504 g/mol. The van der Waals surface area contributed by atoms with Crippen molar-refractivity contribution in [1.29, 1.82) is 0 Å². The van der Waals surface area contributed by atoms with Crippen molar-refractivity contribution in [3.63, 3.8) is 0 Å². The molecular weight excluding hydrogens is 466 g/mol. The molecule has 0 bridgehead atoms. The monoisotopic (exact) mass is 503 g/mol. The van der Waals surface area contributed by atoms with Gasteiger partial charge in [-0.1, -0.05) is 26.8 Å². The van der Waals surface area contributed by atoms with Gasteiger partial charge in [-0.2, -0.15) is 0 Å².